The van der Waals surface area contributed by atoms with Crippen molar-refractivity contribution in [2.75, 3.05) is 6.26 Å². The van der Waals surface area contributed by atoms with Gasteiger partial charge in [0, 0.05) is 11.3 Å². The van der Waals surface area contributed by atoms with Crippen molar-refractivity contribution in [2.45, 2.75) is 43.4 Å². The van der Waals surface area contributed by atoms with Gasteiger partial charge in [-0.3, -0.25) is 9.59 Å². The smallest absolute Gasteiger partial charge is 0.319 e. The summed E-state index contributed by atoms with van der Waals surface area (Å²) in [5.74, 6) is -1.24. The molecule has 2 unspecified atom stereocenters. The van der Waals surface area contributed by atoms with Crippen molar-refractivity contribution in [3.63, 3.8) is 0 Å². The summed E-state index contributed by atoms with van der Waals surface area (Å²) in [4.78, 5) is 22.9. The Hall–Kier alpha value is -0.710. The number of aliphatic carboxylic acids is 1. The second kappa shape index (κ2) is 4.28. The van der Waals surface area contributed by atoms with Gasteiger partial charge in [-0.05, 0) is 31.9 Å². The highest BCUT2D eigenvalue weighted by Crippen LogP contribution is 2.46. The number of hydrogen-bond acceptors (Lipinski definition) is 3. The van der Waals surface area contributed by atoms with E-state index < -0.39 is 11.4 Å². The molecule has 90 valence electrons. The number of carboxylic acid groups (broad SMARTS) is 1. The lowest BCUT2D eigenvalue weighted by atomic mass is 10.1. The van der Waals surface area contributed by atoms with Gasteiger partial charge in [-0.15, -0.1) is 0 Å². The van der Waals surface area contributed by atoms with E-state index in [-0.39, 0.29) is 11.9 Å². The third kappa shape index (κ3) is 1.93. The van der Waals surface area contributed by atoms with Crippen molar-refractivity contribution in [2.24, 2.45) is 5.41 Å². The molecule has 0 aliphatic heterocycles. The SMILES string of the molecule is CSC1CCCC1NC(=O)C1(C(=O)O)CC1. The number of nitrogens with one attached hydrogen (secondary N) is 1. The molecule has 2 rings (SSSR count). The van der Waals surface area contributed by atoms with Crippen molar-refractivity contribution in [3.8, 4) is 0 Å². The van der Waals surface area contributed by atoms with Crippen LogP contribution < -0.4 is 5.32 Å². The zero-order valence-electron chi connectivity index (χ0n) is 9.36. The highest BCUT2D eigenvalue weighted by molar-refractivity contribution is 7.99. The second-order valence-electron chi connectivity index (χ2n) is 4.67. The summed E-state index contributed by atoms with van der Waals surface area (Å²) in [5.41, 5.74) is -1.09. The number of amides is 1. The van der Waals surface area contributed by atoms with Gasteiger partial charge in [-0.2, -0.15) is 11.8 Å². The molecule has 5 heteroatoms. The van der Waals surface area contributed by atoms with Crippen molar-refractivity contribution in [1.82, 2.24) is 5.32 Å². The summed E-state index contributed by atoms with van der Waals surface area (Å²) >= 11 is 1.76. The molecule has 1 amide bonds. The molecule has 0 heterocycles. The van der Waals surface area contributed by atoms with Crippen LogP contribution in [-0.4, -0.2) is 34.5 Å². The van der Waals surface area contributed by atoms with E-state index in [1.165, 1.54) is 0 Å². The molecule has 2 fully saturated rings. The number of thioether (sulfide) groups is 1. The van der Waals surface area contributed by atoms with Gasteiger partial charge >= 0.3 is 5.97 Å². The number of carboxylic acids is 1. The first-order chi connectivity index (χ1) is 7.60. The van der Waals surface area contributed by atoms with E-state index in [0.29, 0.717) is 18.1 Å². The van der Waals surface area contributed by atoms with E-state index in [1.807, 2.05) is 6.26 Å². The fourth-order valence-corrected chi connectivity index (χ4v) is 3.28. The molecule has 2 N–H and O–H groups in total. The Kier molecular flexibility index (Phi) is 3.15. The van der Waals surface area contributed by atoms with E-state index in [1.54, 1.807) is 11.8 Å². The maximum atomic E-state index is 11.9. The van der Waals surface area contributed by atoms with Crippen molar-refractivity contribution < 1.29 is 14.7 Å². The highest BCUT2D eigenvalue weighted by atomic mass is 32.2. The molecule has 0 spiro atoms. The van der Waals surface area contributed by atoms with Gasteiger partial charge in [0.05, 0.1) is 0 Å². The molecule has 2 saturated carbocycles. The van der Waals surface area contributed by atoms with E-state index in [9.17, 15) is 9.59 Å². The quantitative estimate of drug-likeness (QED) is 0.729. The van der Waals surface area contributed by atoms with Crippen LogP contribution in [-0.2, 0) is 9.59 Å². The summed E-state index contributed by atoms with van der Waals surface area (Å²) in [5, 5.41) is 12.4. The summed E-state index contributed by atoms with van der Waals surface area (Å²) in [7, 11) is 0. The van der Waals surface area contributed by atoms with Gasteiger partial charge in [0.25, 0.3) is 0 Å². The maximum Gasteiger partial charge on any atom is 0.319 e. The molecular formula is C11H17NO3S. The van der Waals surface area contributed by atoms with Gasteiger partial charge in [-0.25, -0.2) is 0 Å². The minimum absolute atomic E-state index is 0.166. The molecule has 0 aromatic heterocycles. The maximum absolute atomic E-state index is 11.9. The largest absolute Gasteiger partial charge is 0.480 e. The Labute approximate surface area is 99.2 Å². The second-order valence-corrected chi connectivity index (χ2v) is 5.75. The first-order valence-electron chi connectivity index (χ1n) is 5.67. The van der Waals surface area contributed by atoms with E-state index in [0.717, 1.165) is 19.3 Å². The van der Waals surface area contributed by atoms with Crippen LogP contribution in [0.1, 0.15) is 32.1 Å². The third-order valence-corrected chi connectivity index (χ3v) is 4.84. The molecule has 0 saturated heterocycles. The lowest BCUT2D eigenvalue weighted by Gasteiger charge is -2.21. The highest BCUT2D eigenvalue weighted by Gasteiger charge is 2.57. The molecule has 0 aromatic rings. The lowest BCUT2D eigenvalue weighted by molar-refractivity contribution is -0.149. The van der Waals surface area contributed by atoms with E-state index in [2.05, 4.69) is 5.32 Å². The Morgan fingerprint density at radius 2 is 2.06 bits per heavy atom. The van der Waals surface area contributed by atoms with Crippen LogP contribution in [0.3, 0.4) is 0 Å². The molecular weight excluding hydrogens is 226 g/mol. The van der Waals surface area contributed by atoms with Crippen LogP contribution >= 0.6 is 11.8 Å². The Morgan fingerprint density at radius 3 is 2.56 bits per heavy atom. The van der Waals surface area contributed by atoms with Crippen LogP contribution in [0, 0.1) is 5.41 Å². The number of hydrogen-bond donors (Lipinski definition) is 2. The minimum Gasteiger partial charge on any atom is -0.480 e. The molecule has 2 aliphatic rings. The lowest BCUT2D eigenvalue weighted by Crippen LogP contribution is -2.45. The first kappa shape index (κ1) is 11.8. The van der Waals surface area contributed by atoms with Gasteiger partial charge in [0.2, 0.25) is 5.91 Å². The minimum atomic E-state index is -1.09. The molecule has 0 bridgehead atoms. The molecule has 16 heavy (non-hydrogen) atoms. The standard InChI is InChI=1S/C11H17NO3S/c1-16-8-4-2-3-7(8)12-9(13)11(5-6-11)10(14)15/h7-8H,2-6H2,1H3,(H,12,13)(H,14,15). The van der Waals surface area contributed by atoms with Crippen LogP contribution in [0.4, 0.5) is 0 Å². The fourth-order valence-electron chi connectivity index (χ4n) is 2.34. The van der Waals surface area contributed by atoms with Gasteiger partial charge < -0.3 is 10.4 Å². The molecule has 2 aliphatic carbocycles. The van der Waals surface area contributed by atoms with Crippen molar-refractivity contribution >= 4 is 23.6 Å². The number of carbonyl (C=O) groups excluding carboxylic acids is 1. The average molecular weight is 243 g/mol. The van der Waals surface area contributed by atoms with Gasteiger partial charge in [0.1, 0.15) is 5.41 Å². The molecule has 2 atom stereocenters. The third-order valence-electron chi connectivity index (χ3n) is 3.67. The Bertz CT molecular complexity index is 314. The number of carbonyl (C=O) groups is 2. The van der Waals surface area contributed by atoms with Crippen molar-refractivity contribution in [3.05, 3.63) is 0 Å². The molecule has 0 aromatic carbocycles. The van der Waals surface area contributed by atoms with Crippen molar-refractivity contribution in [1.29, 1.82) is 0 Å². The summed E-state index contributed by atoms with van der Waals surface area (Å²) in [6, 6.07) is 0.166. The molecule has 4 nitrogen and oxygen atoms in total. The predicted molar refractivity (Wildman–Crippen MR) is 62.4 cm³/mol. The Morgan fingerprint density at radius 1 is 1.38 bits per heavy atom. The van der Waals surface area contributed by atoms with Gasteiger partial charge in [-0.1, -0.05) is 6.42 Å². The first-order valence-corrected chi connectivity index (χ1v) is 6.96. The summed E-state index contributed by atoms with van der Waals surface area (Å²) < 4.78 is 0. The normalized spacial score (nSPS) is 31.1. The van der Waals surface area contributed by atoms with Crippen LogP contribution in [0.2, 0.25) is 0 Å². The summed E-state index contributed by atoms with van der Waals surface area (Å²) in [6.07, 6.45) is 6.24. The Balaban J connectivity index is 1.95. The predicted octanol–water partition coefficient (Wildman–Crippen LogP) is 1.25. The van der Waals surface area contributed by atoms with E-state index in [4.69, 9.17) is 5.11 Å². The van der Waals surface area contributed by atoms with E-state index >= 15 is 0 Å². The zero-order valence-corrected chi connectivity index (χ0v) is 10.2. The topological polar surface area (TPSA) is 66.4 Å². The fraction of sp³-hybridized carbons (Fsp3) is 0.818. The van der Waals surface area contributed by atoms with Crippen LogP contribution in [0.5, 0.6) is 0 Å². The molecule has 0 radical (unpaired) electrons. The average Bonchev–Trinajstić information content (AvgIpc) is 2.95. The van der Waals surface area contributed by atoms with Gasteiger partial charge in [0.15, 0.2) is 0 Å². The monoisotopic (exact) mass is 243 g/mol. The van der Waals surface area contributed by atoms with Crippen LogP contribution in [0.15, 0.2) is 0 Å². The summed E-state index contributed by atoms with van der Waals surface area (Å²) in [6.45, 7) is 0. The number of rotatable bonds is 4. The van der Waals surface area contributed by atoms with Crippen LogP contribution in [0.25, 0.3) is 0 Å². The zero-order chi connectivity index (χ0) is 11.8.